The molecular formula is C17H16N2O3S. The van der Waals surface area contributed by atoms with Gasteiger partial charge in [0.25, 0.3) is 0 Å². The first-order valence-corrected chi connectivity index (χ1v) is 9.12. The van der Waals surface area contributed by atoms with Crippen molar-refractivity contribution in [3.63, 3.8) is 0 Å². The maximum Gasteiger partial charge on any atom is 0.229 e. The highest BCUT2D eigenvalue weighted by atomic mass is 32.2. The second-order valence-electron chi connectivity index (χ2n) is 5.56. The van der Waals surface area contributed by atoms with Gasteiger partial charge >= 0.3 is 0 Å². The number of nitrogens with zero attached hydrogens (tertiary/aromatic N) is 1. The summed E-state index contributed by atoms with van der Waals surface area (Å²) in [5.41, 5.74) is 2.30. The molecule has 0 bridgehead atoms. The average Bonchev–Trinajstić information content (AvgIpc) is 2.89. The number of sulfonamides is 1. The van der Waals surface area contributed by atoms with Crippen LogP contribution in [-0.2, 0) is 16.4 Å². The highest BCUT2D eigenvalue weighted by Gasteiger charge is 2.25. The van der Waals surface area contributed by atoms with Crippen LogP contribution in [0.15, 0.2) is 42.5 Å². The molecule has 23 heavy (non-hydrogen) atoms. The van der Waals surface area contributed by atoms with Crippen LogP contribution in [0.25, 0.3) is 0 Å². The van der Waals surface area contributed by atoms with Crippen molar-refractivity contribution in [2.24, 2.45) is 0 Å². The molecule has 0 fully saturated rings. The first-order valence-electron chi connectivity index (χ1n) is 7.23. The second-order valence-corrected chi connectivity index (χ2v) is 7.31. The summed E-state index contributed by atoms with van der Waals surface area (Å²) < 4.78 is 31.5. The summed E-state index contributed by atoms with van der Waals surface area (Å²) in [6, 6.07) is 15.0. The molecule has 0 saturated heterocycles. The molecule has 0 radical (unpaired) electrons. The molecule has 0 aliphatic heterocycles. The second kappa shape index (κ2) is 5.94. The van der Waals surface area contributed by atoms with Gasteiger partial charge in [0.15, 0.2) is 5.75 Å². The highest BCUT2D eigenvalue weighted by molar-refractivity contribution is 7.92. The van der Waals surface area contributed by atoms with Crippen LogP contribution in [-0.4, -0.2) is 14.7 Å². The largest absolute Gasteiger partial charge is 0.455 e. The minimum Gasteiger partial charge on any atom is -0.455 e. The standard InChI is InChI=1S/C17H16N2O3S/c1-23(20,21)19-16-9-12-7-8-13(11-18)15(12)10-17(16)22-14-5-3-2-4-6-14/h2-6,9-10,13,19H,7-8H2,1H3. The number of fused-ring (bicyclic) bond motifs is 1. The van der Waals surface area contributed by atoms with Crippen LogP contribution < -0.4 is 9.46 Å². The van der Waals surface area contributed by atoms with Gasteiger partial charge in [-0.1, -0.05) is 18.2 Å². The third kappa shape index (κ3) is 3.46. The minimum absolute atomic E-state index is 0.171. The summed E-state index contributed by atoms with van der Waals surface area (Å²) in [7, 11) is -3.42. The summed E-state index contributed by atoms with van der Waals surface area (Å²) >= 11 is 0. The van der Waals surface area contributed by atoms with Crippen LogP contribution >= 0.6 is 0 Å². The number of anilines is 1. The zero-order valence-electron chi connectivity index (χ0n) is 12.6. The number of aryl methyl sites for hydroxylation is 1. The van der Waals surface area contributed by atoms with Crippen molar-refractivity contribution < 1.29 is 13.2 Å². The van der Waals surface area contributed by atoms with E-state index in [-0.39, 0.29) is 5.92 Å². The third-order valence-electron chi connectivity index (χ3n) is 3.74. The lowest BCUT2D eigenvalue weighted by molar-refractivity contribution is 0.484. The number of nitriles is 1. The number of hydrogen-bond donors (Lipinski definition) is 1. The molecule has 0 spiro atoms. The number of benzene rings is 2. The van der Waals surface area contributed by atoms with Crippen LogP contribution in [0.3, 0.4) is 0 Å². The van der Waals surface area contributed by atoms with Gasteiger partial charge in [-0.25, -0.2) is 8.42 Å². The summed E-state index contributed by atoms with van der Waals surface area (Å²) in [6.07, 6.45) is 2.61. The molecule has 0 saturated carbocycles. The predicted octanol–water partition coefficient (Wildman–Crippen LogP) is 3.40. The highest BCUT2D eigenvalue weighted by Crippen LogP contribution is 2.40. The van der Waals surface area contributed by atoms with Gasteiger partial charge in [-0.3, -0.25) is 4.72 Å². The van der Waals surface area contributed by atoms with Gasteiger partial charge < -0.3 is 4.74 Å². The van der Waals surface area contributed by atoms with E-state index in [1.54, 1.807) is 24.3 Å². The van der Waals surface area contributed by atoms with Crippen molar-refractivity contribution in [2.75, 3.05) is 11.0 Å². The molecule has 1 aliphatic carbocycles. The Morgan fingerprint density at radius 2 is 2.00 bits per heavy atom. The molecule has 2 aromatic rings. The topological polar surface area (TPSA) is 79.2 Å². The Balaban J connectivity index is 2.06. The fourth-order valence-electron chi connectivity index (χ4n) is 2.75. The smallest absolute Gasteiger partial charge is 0.229 e. The zero-order chi connectivity index (χ0) is 16.4. The lowest BCUT2D eigenvalue weighted by Crippen LogP contribution is -2.11. The molecule has 6 heteroatoms. The van der Waals surface area contributed by atoms with Gasteiger partial charge in [0, 0.05) is 0 Å². The molecular weight excluding hydrogens is 312 g/mol. The van der Waals surface area contributed by atoms with Crippen molar-refractivity contribution in [3.05, 3.63) is 53.6 Å². The third-order valence-corrected chi connectivity index (χ3v) is 4.33. The number of ether oxygens (including phenoxy) is 1. The van der Waals surface area contributed by atoms with Gasteiger partial charge in [-0.05, 0) is 48.2 Å². The molecule has 0 aromatic heterocycles. The van der Waals surface area contributed by atoms with E-state index in [4.69, 9.17) is 4.74 Å². The zero-order valence-corrected chi connectivity index (χ0v) is 13.4. The molecule has 1 atom stereocenters. The molecule has 0 heterocycles. The minimum atomic E-state index is -3.42. The molecule has 1 N–H and O–H groups in total. The quantitative estimate of drug-likeness (QED) is 0.933. The van der Waals surface area contributed by atoms with Crippen molar-refractivity contribution in [1.82, 2.24) is 0 Å². The molecule has 2 aromatic carbocycles. The molecule has 1 unspecified atom stereocenters. The Morgan fingerprint density at radius 3 is 2.65 bits per heavy atom. The van der Waals surface area contributed by atoms with Crippen LogP contribution in [0.2, 0.25) is 0 Å². The van der Waals surface area contributed by atoms with E-state index in [1.165, 1.54) is 0 Å². The van der Waals surface area contributed by atoms with E-state index in [9.17, 15) is 13.7 Å². The number of nitrogens with one attached hydrogen (secondary N) is 1. The maximum atomic E-state index is 11.6. The van der Waals surface area contributed by atoms with Gasteiger partial charge in [-0.15, -0.1) is 0 Å². The fraction of sp³-hybridized carbons (Fsp3) is 0.235. The van der Waals surface area contributed by atoms with Crippen molar-refractivity contribution in [3.8, 4) is 17.6 Å². The van der Waals surface area contributed by atoms with Gasteiger partial charge in [0.05, 0.1) is 23.9 Å². The Kier molecular flexibility index (Phi) is 3.97. The molecule has 5 nitrogen and oxygen atoms in total. The van der Waals surface area contributed by atoms with Gasteiger partial charge in [0.2, 0.25) is 10.0 Å². The van der Waals surface area contributed by atoms with Gasteiger partial charge in [-0.2, -0.15) is 5.26 Å². The Hall–Kier alpha value is -2.52. The van der Waals surface area contributed by atoms with E-state index < -0.39 is 10.0 Å². The van der Waals surface area contributed by atoms with Crippen LogP contribution in [0.5, 0.6) is 11.5 Å². The average molecular weight is 328 g/mol. The van der Waals surface area contributed by atoms with Gasteiger partial charge in [0.1, 0.15) is 5.75 Å². The Bertz CT molecular complexity index is 871. The molecule has 1 aliphatic rings. The van der Waals surface area contributed by atoms with E-state index in [0.717, 1.165) is 30.2 Å². The summed E-state index contributed by atoms with van der Waals surface area (Å²) in [5, 5.41) is 9.25. The molecule has 118 valence electrons. The van der Waals surface area contributed by atoms with E-state index in [2.05, 4.69) is 10.8 Å². The number of hydrogen-bond acceptors (Lipinski definition) is 4. The Labute approximate surface area is 135 Å². The summed E-state index contributed by atoms with van der Waals surface area (Å²) in [6.45, 7) is 0. The van der Waals surface area contributed by atoms with E-state index >= 15 is 0 Å². The van der Waals surface area contributed by atoms with E-state index in [1.807, 2.05) is 18.2 Å². The normalized spacial score (nSPS) is 16.4. The SMILES string of the molecule is CS(=O)(=O)Nc1cc2c(cc1Oc1ccccc1)C(C#N)CC2. The van der Waals surface area contributed by atoms with Crippen LogP contribution in [0.4, 0.5) is 5.69 Å². The lowest BCUT2D eigenvalue weighted by Gasteiger charge is -2.15. The molecule has 0 amide bonds. The number of rotatable bonds is 4. The number of para-hydroxylation sites is 1. The van der Waals surface area contributed by atoms with Crippen molar-refractivity contribution in [2.45, 2.75) is 18.8 Å². The van der Waals surface area contributed by atoms with Crippen molar-refractivity contribution in [1.29, 1.82) is 5.26 Å². The fourth-order valence-corrected chi connectivity index (χ4v) is 3.31. The maximum absolute atomic E-state index is 11.6. The summed E-state index contributed by atoms with van der Waals surface area (Å²) in [5.74, 6) is 0.841. The van der Waals surface area contributed by atoms with E-state index in [0.29, 0.717) is 17.2 Å². The first-order chi connectivity index (χ1) is 11.0. The molecule has 3 rings (SSSR count). The van der Waals surface area contributed by atoms with Crippen molar-refractivity contribution >= 4 is 15.7 Å². The lowest BCUT2D eigenvalue weighted by atomic mass is 10.0. The Morgan fingerprint density at radius 1 is 1.26 bits per heavy atom. The summed E-state index contributed by atoms with van der Waals surface area (Å²) in [4.78, 5) is 0. The van der Waals surface area contributed by atoms with Crippen LogP contribution in [0, 0.1) is 11.3 Å². The monoisotopic (exact) mass is 328 g/mol. The first kappa shape index (κ1) is 15.4. The van der Waals surface area contributed by atoms with Crippen LogP contribution in [0.1, 0.15) is 23.5 Å². The predicted molar refractivity (Wildman–Crippen MR) is 88.1 cm³/mol.